The molecule has 1 aliphatic heterocycles. The number of carbonyl (C=O) groups is 1. The average Bonchev–Trinajstić information content (AvgIpc) is 3.00. The first-order chi connectivity index (χ1) is 11.0. The Morgan fingerprint density at radius 1 is 1.17 bits per heavy atom. The van der Waals surface area contributed by atoms with Crippen LogP contribution in [0.1, 0.15) is 18.4 Å². The highest BCUT2D eigenvalue weighted by Gasteiger charge is 2.62. The highest BCUT2D eigenvalue weighted by atomic mass is 16.5. The Balaban J connectivity index is 1.71. The molecule has 1 saturated heterocycles. The highest BCUT2D eigenvalue weighted by molar-refractivity contribution is 5.84. The molecule has 0 spiro atoms. The molecule has 2 aromatic rings. The molecular weight excluding hydrogens is 292 g/mol. The van der Waals surface area contributed by atoms with Crippen LogP contribution in [0.25, 0.3) is 10.8 Å². The Kier molecular flexibility index (Phi) is 3.22. The Hall–Kier alpha value is -1.91. The molecule has 0 amide bonds. The largest absolute Gasteiger partial charge is 0.465 e. The molecular formula is C19H20O4. The molecule has 2 aliphatic rings. The fourth-order valence-electron chi connectivity index (χ4n) is 4.35. The third-order valence-electron chi connectivity index (χ3n) is 5.50. The summed E-state index contributed by atoms with van der Waals surface area (Å²) < 4.78 is 5.29. The van der Waals surface area contributed by atoms with Gasteiger partial charge in [0.2, 0.25) is 0 Å². The Morgan fingerprint density at radius 2 is 1.96 bits per heavy atom. The van der Waals surface area contributed by atoms with E-state index < -0.39 is 11.0 Å². The SMILES string of the molecule is O=C1OC[C@H]2C[C@@](O)(CO)C[C@@]12Cc1ccc2ccccc2c1. The first-order valence-electron chi connectivity index (χ1n) is 8.03. The van der Waals surface area contributed by atoms with E-state index >= 15 is 0 Å². The molecule has 4 nitrogen and oxygen atoms in total. The molecule has 23 heavy (non-hydrogen) atoms. The van der Waals surface area contributed by atoms with E-state index in [4.69, 9.17) is 4.74 Å². The quantitative estimate of drug-likeness (QED) is 0.851. The van der Waals surface area contributed by atoms with Crippen molar-refractivity contribution in [2.75, 3.05) is 13.2 Å². The molecule has 0 bridgehead atoms. The fraction of sp³-hybridized carbons (Fsp3) is 0.421. The molecule has 2 N–H and O–H groups in total. The number of benzene rings is 2. The number of esters is 1. The van der Waals surface area contributed by atoms with Crippen LogP contribution in [0.3, 0.4) is 0 Å². The summed E-state index contributed by atoms with van der Waals surface area (Å²) in [6.45, 7) is 0.0327. The lowest BCUT2D eigenvalue weighted by molar-refractivity contribution is -0.148. The monoisotopic (exact) mass is 312 g/mol. The summed E-state index contributed by atoms with van der Waals surface area (Å²) in [5.41, 5.74) is -0.810. The second kappa shape index (κ2) is 5.05. The van der Waals surface area contributed by atoms with Gasteiger partial charge in [0, 0.05) is 5.92 Å². The number of hydrogen-bond acceptors (Lipinski definition) is 4. The summed E-state index contributed by atoms with van der Waals surface area (Å²) >= 11 is 0. The lowest BCUT2D eigenvalue weighted by atomic mass is 9.74. The molecule has 1 saturated carbocycles. The summed E-state index contributed by atoms with van der Waals surface area (Å²) in [5.74, 6) is -0.265. The molecule has 0 aromatic heterocycles. The minimum Gasteiger partial charge on any atom is -0.465 e. The highest BCUT2D eigenvalue weighted by Crippen LogP contribution is 2.54. The standard InChI is InChI=1S/C19H20O4/c20-12-18(22)9-16-10-23-17(21)19(16,11-18)8-13-5-6-14-3-1-2-4-15(14)7-13/h1-7,16,20,22H,8-12H2/t16-,18+,19-/m1/s1. The Morgan fingerprint density at radius 3 is 2.74 bits per heavy atom. The number of ether oxygens (including phenoxy) is 1. The Labute approximate surface area is 134 Å². The van der Waals surface area contributed by atoms with Crippen molar-refractivity contribution in [3.05, 3.63) is 48.0 Å². The van der Waals surface area contributed by atoms with Gasteiger partial charge in [0.05, 0.1) is 24.2 Å². The maximum Gasteiger partial charge on any atom is 0.312 e. The van der Waals surface area contributed by atoms with E-state index in [1.165, 1.54) is 0 Å². The number of aliphatic hydroxyl groups excluding tert-OH is 1. The molecule has 4 heteroatoms. The van der Waals surface area contributed by atoms with Crippen LogP contribution in [0.5, 0.6) is 0 Å². The number of fused-ring (bicyclic) bond motifs is 2. The van der Waals surface area contributed by atoms with E-state index in [9.17, 15) is 15.0 Å². The predicted molar refractivity (Wildman–Crippen MR) is 85.8 cm³/mol. The first-order valence-corrected chi connectivity index (χ1v) is 8.03. The smallest absolute Gasteiger partial charge is 0.312 e. The lowest BCUT2D eigenvalue weighted by Crippen LogP contribution is -2.36. The van der Waals surface area contributed by atoms with Crippen LogP contribution in [0.4, 0.5) is 0 Å². The van der Waals surface area contributed by atoms with Gasteiger partial charge in [0.15, 0.2) is 0 Å². The topological polar surface area (TPSA) is 66.8 Å². The van der Waals surface area contributed by atoms with Gasteiger partial charge in [0.1, 0.15) is 0 Å². The molecule has 2 fully saturated rings. The van der Waals surface area contributed by atoms with Crippen molar-refractivity contribution in [2.45, 2.75) is 24.9 Å². The third kappa shape index (κ3) is 2.25. The van der Waals surface area contributed by atoms with E-state index in [2.05, 4.69) is 24.3 Å². The molecule has 2 aromatic carbocycles. The Bertz CT molecular complexity index is 771. The zero-order valence-electron chi connectivity index (χ0n) is 12.9. The van der Waals surface area contributed by atoms with Gasteiger partial charge in [-0.25, -0.2) is 0 Å². The normalized spacial score (nSPS) is 33.0. The van der Waals surface area contributed by atoms with E-state index in [1.807, 2.05) is 18.2 Å². The van der Waals surface area contributed by atoms with Gasteiger partial charge in [-0.1, -0.05) is 42.5 Å². The number of aliphatic hydroxyl groups is 2. The molecule has 3 atom stereocenters. The van der Waals surface area contributed by atoms with Gasteiger partial charge in [-0.3, -0.25) is 4.79 Å². The number of cyclic esters (lactones) is 1. The maximum atomic E-state index is 12.4. The second-order valence-corrected chi connectivity index (χ2v) is 7.07. The lowest BCUT2D eigenvalue weighted by Gasteiger charge is -2.26. The van der Waals surface area contributed by atoms with Crippen LogP contribution in [-0.2, 0) is 16.0 Å². The molecule has 1 aliphatic carbocycles. The maximum absolute atomic E-state index is 12.4. The van der Waals surface area contributed by atoms with Crippen LogP contribution in [0, 0.1) is 11.3 Å². The van der Waals surface area contributed by atoms with Gasteiger partial charge in [-0.15, -0.1) is 0 Å². The average molecular weight is 312 g/mol. The summed E-state index contributed by atoms with van der Waals surface area (Å²) in [4.78, 5) is 12.4. The molecule has 1 heterocycles. The van der Waals surface area contributed by atoms with Gasteiger partial charge < -0.3 is 14.9 Å². The molecule has 4 rings (SSSR count). The van der Waals surface area contributed by atoms with Crippen molar-refractivity contribution >= 4 is 16.7 Å². The minimum absolute atomic E-state index is 0.0291. The first kappa shape index (κ1) is 14.7. The van der Waals surface area contributed by atoms with Crippen molar-refractivity contribution in [3.63, 3.8) is 0 Å². The van der Waals surface area contributed by atoms with Crippen LogP contribution in [-0.4, -0.2) is 35.0 Å². The van der Waals surface area contributed by atoms with E-state index in [0.717, 1.165) is 16.3 Å². The summed E-state index contributed by atoms with van der Waals surface area (Å²) in [7, 11) is 0. The molecule has 120 valence electrons. The third-order valence-corrected chi connectivity index (χ3v) is 5.50. The van der Waals surface area contributed by atoms with Gasteiger partial charge in [-0.05, 0) is 35.6 Å². The van der Waals surface area contributed by atoms with E-state index in [0.29, 0.717) is 19.4 Å². The van der Waals surface area contributed by atoms with Gasteiger partial charge in [0.25, 0.3) is 0 Å². The van der Waals surface area contributed by atoms with Gasteiger partial charge >= 0.3 is 5.97 Å². The predicted octanol–water partition coefficient (Wildman–Crippen LogP) is 2.06. The summed E-state index contributed by atoms with van der Waals surface area (Å²) in [6.07, 6.45) is 1.24. The summed E-state index contributed by atoms with van der Waals surface area (Å²) in [6, 6.07) is 14.3. The van der Waals surface area contributed by atoms with E-state index in [1.54, 1.807) is 0 Å². The summed E-state index contributed by atoms with van der Waals surface area (Å²) in [5, 5.41) is 22.3. The van der Waals surface area contributed by atoms with Crippen molar-refractivity contribution < 1.29 is 19.7 Å². The zero-order valence-corrected chi connectivity index (χ0v) is 12.9. The molecule has 0 unspecified atom stereocenters. The minimum atomic E-state index is -1.17. The fourth-order valence-corrected chi connectivity index (χ4v) is 4.35. The second-order valence-electron chi connectivity index (χ2n) is 7.07. The number of hydrogen-bond donors (Lipinski definition) is 2. The van der Waals surface area contributed by atoms with Crippen molar-refractivity contribution in [1.82, 2.24) is 0 Å². The van der Waals surface area contributed by atoms with Crippen molar-refractivity contribution in [2.24, 2.45) is 11.3 Å². The zero-order chi connectivity index (χ0) is 16.1. The van der Waals surface area contributed by atoms with Crippen LogP contribution >= 0.6 is 0 Å². The van der Waals surface area contributed by atoms with Gasteiger partial charge in [-0.2, -0.15) is 0 Å². The van der Waals surface area contributed by atoms with E-state index in [-0.39, 0.29) is 24.9 Å². The van der Waals surface area contributed by atoms with Crippen molar-refractivity contribution in [3.8, 4) is 0 Å². The number of carbonyl (C=O) groups excluding carboxylic acids is 1. The van der Waals surface area contributed by atoms with Crippen LogP contribution in [0.15, 0.2) is 42.5 Å². The van der Waals surface area contributed by atoms with Crippen molar-refractivity contribution in [1.29, 1.82) is 0 Å². The number of rotatable bonds is 3. The van der Waals surface area contributed by atoms with Crippen LogP contribution < -0.4 is 0 Å². The van der Waals surface area contributed by atoms with Crippen LogP contribution in [0.2, 0.25) is 0 Å². The molecule has 0 radical (unpaired) electrons.